The lowest BCUT2D eigenvalue weighted by Gasteiger charge is -2.29. The second-order valence-electron chi connectivity index (χ2n) is 2.92. The second-order valence-corrected chi connectivity index (χ2v) is 4.47. The average molecular weight is 203 g/mol. The van der Waals surface area contributed by atoms with Crippen LogP contribution in [0.5, 0.6) is 0 Å². The molecule has 0 aromatic carbocycles. The summed E-state index contributed by atoms with van der Waals surface area (Å²) in [5, 5.41) is 0.405. The Morgan fingerprint density at radius 2 is 2.23 bits per heavy atom. The highest BCUT2D eigenvalue weighted by molar-refractivity contribution is 7.99. The number of carbonyl (C=O) groups is 2. The molecule has 1 heterocycles. The number of carbonyl (C=O) groups excluding carboxylic acids is 2. The lowest BCUT2D eigenvalue weighted by molar-refractivity contribution is -0.158. The third-order valence-electron chi connectivity index (χ3n) is 1.89. The summed E-state index contributed by atoms with van der Waals surface area (Å²) in [5.41, 5.74) is 0. The van der Waals surface area contributed by atoms with Crippen molar-refractivity contribution < 1.29 is 14.3 Å². The zero-order valence-corrected chi connectivity index (χ0v) is 8.60. The van der Waals surface area contributed by atoms with Crippen molar-refractivity contribution in [1.29, 1.82) is 0 Å². The molecule has 1 aliphatic rings. The Kier molecular flexibility index (Phi) is 3.59. The van der Waals surface area contributed by atoms with E-state index < -0.39 is 11.9 Å². The third-order valence-corrected chi connectivity index (χ3v) is 3.02. The van der Waals surface area contributed by atoms with Crippen molar-refractivity contribution in [1.82, 2.24) is 4.90 Å². The van der Waals surface area contributed by atoms with Crippen molar-refractivity contribution in [3.8, 4) is 0 Å². The smallest absolute Gasteiger partial charge is 0.396 e. The van der Waals surface area contributed by atoms with Crippen LogP contribution in [0.15, 0.2) is 0 Å². The minimum absolute atomic E-state index is 0.405. The molecule has 0 bridgehead atoms. The maximum Gasteiger partial charge on any atom is 0.396 e. The fourth-order valence-electron chi connectivity index (χ4n) is 1.22. The quantitative estimate of drug-likeness (QED) is 0.414. The van der Waals surface area contributed by atoms with Crippen molar-refractivity contribution in [3.63, 3.8) is 0 Å². The molecular formula is C8H13NO3S. The molecule has 0 aliphatic carbocycles. The maximum atomic E-state index is 11.3. The van der Waals surface area contributed by atoms with Gasteiger partial charge in [0.05, 0.1) is 7.11 Å². The molecule has 1 aliphatic heterocycles. The van der Waals surface area contributed by atoms with E-state index in [0.717, 1.165) is 5.75 Å². The number of hydrogen-bond donors (Lipinski definition) is 0. The number of rotatable bonds is 0. The molecular weight excluding hydrogens is 190 g/mol. The average Bonchev–Trinajstić information content (AvgIpc) is 2.15. The second kappa shape index (κ2) is 4.50. The predicted molar refractivity (Wildman–Crippen MR) is 50.5 cm³/mol. The Labute approximate surface area is 81.6 Å². The summed E-state index contributed by atoms with van der Waals surface area (Å²) in [6, 6.07) is 0. The van der Waals surface area contributed by atoms with Crippen molar-refractivity contribution in [2.45, 2.75) is 12.2 Å². The van der Waals surface area contributed by atoms with Crippen LogP contribution in [0.4, 0.5) is 0 Å². The van der Waals surface area contributed by atoms with Crippen LogP contribution >= 0.6 is 11.8 Å². The van der Waals surface area contributed by atoms with Crippen LogP contribution in [-0.2, 0) is 14.3 Å². The summed E-state index contributed by atoms with van der Waals surface area (Å²) in [5.74, 6) is -0.391. The molecule has 1 atom stereocenters. The Hall–Kier alpha value is -0.710. The van der Waals surface area contributed by atoms with Crippen LogP contribution in [0.3, 0.4) is 0 Å². The van der Waals surface area contributed by atoms with E-state index in [1.165, 1.54) is 7.11 Å². The van der Waals surface area contributed by atoms with Gasteiger partial charge in [0.25, 0.3) is 0 Å². The van der Waals surface area contributed by atoms with Crippen molar-refractivity contribution in [2.24, 2.45) is 0 Å². The number of esters is 1. The van der Waals surface area contributed by atoms with E-state index in [-0.39, 0.29) is 0 Å². The number of hydrogen-bond acceptors (Lipinski definition) is 4. The van der Waals surface area contributed by atoms with Gasteiger partial charge >= 0.3 is 11.9 Å². The van der Waals surface area contributed by atoms with Crippen LogP contribution in [0, 0.1) is 0 Å². The van der Waals surface area contributed by atoms with E-state index in [2.05, 4.69) is 4.74 Å². The fourth-order valence-corrected chi connectivity index (χ4v) is 2.23. The molecule has 1 rings (SSSR count). The van der Waals surface area contributed by atoms with Gasteiger partial charge in [-0.1, -0.05) is 6.92 Å². The standard InChI is InChI=1S/C8H13NO3S/c1-6-5-9(3-4-13-6)7(10)8(11)12-2/h6H,3-5H2,1-2H3. The molecule has 0 N–H and O–H groups in total. The molecule has 0 saturated carbocycles. The molecule has 74 valence electrons. The Morgan fingerprint density at radius 3 is 2.77 bits per heavy atom. The molecule has 1 fully saturated rings. The highest BCUT2D eigenvalue weighted by Gasteiger charge is 2.26. The number of methoxy groups -OCH3 is 1. The summed E-state index contributed by atoms with van der Waals surface area (Å²) in [6.07, 6.45) is 0. The zero-order chi connectivity index (χ0) is 9.84. The number of ether oxygens (including phenoxy) is 1. The molecule has 1 amide bonds. The minimum atomic E-state index is -0.765. The molecule has 5 heteroatoms. The van der Waals surface area contributed by atoms with Gasteiger partial charge in [-0.15, -0.1) is 0 Å². The maximum absolute atomic E-state index is 11.3. The summed E-state index contributed by atoms with van der Waals surface area (Å²) in [4.78, 5) is 23.8. The molecule has 13 heavy (non-hydrogen) atoms. The van der Waals surface area contributed by atoms with Crippen LogP contribution in [0.2, 0.25) is 0 Å². The Balaban J connectivity index is 2.51. The lowest BCUT2D eigenvalue weighted by Crippen LogP contribution is -2.44. The van der Waals surface area contributed by atoms with Crippen molar-refractivity contribution in [3.05, 3.63) is 0 Å². The molecule has 4 nitrogen and oxygen atoms in total. The normalized spacial score (nSPS) is 22.6. The summed E-state index contributed by atoms with van der Waals surface area (Å²) in [6.45, 7) is 3.32. The first-order chi connectivity index (χ1) is 6.15. The van der Waals surface area contributed by atoms with Crippen LogP contribution in [0.1, 0.15) is 6.92 Å². The molecule has 1 saturated heterocycles. The topological polar surface area (TPSA) is 46.6 Å². The van der Waals surface area contributed by atoms with Gasteiger partial charge in [-0.3, -0.25) is 4.79 Å². The molecule has 0 spiro atoms. The van der Waals surface area contributed by atoms with Gasteiger partial charge < -0.3 is 9.64 Å². The van der Waals surface area contributed by atoms with Gasteiger partial charge in [-0.2, -0.15) is 11.8 Å². The first-order valence-corrected chi connectivity index (χ1v) is 5.19. The number of nitrogens with zero attached hydrogens (tertiary/aromatic N) is 1. The first kappa shape index (κ1) is 10.4. The SMILES string of the molecule is COC(=O)C(=O)N1CCSC(C)C1. The van der Waals surface area contributed by atoms with Gasteiger partial charge in [-0.05, 0) is 0 Å². The van der Waals surface area contributed by atoms with Crippen LogP contribution in [0.25, 0.3) is 0 Å². The van der Waals surface area contributed by atoms with E-state index >= 15 is 0 Å². The monoisotopic (exact) mass is 203 g/mol. The van der Waals surface area contributed by atoms with Crippen molar-refractivity contribution >= 4 is 23.6 Å². The summed E-state index contributed by atoms with van der Waals surface area (Å²) < 4.78 is 4.36. The van der Waals surface area contributed by atoms with E-state index in [9.17, 15) is 9.59 Å². The Bertz CT molecular complexity index is 219. The summed E-state index contributed by atoms with van der Waals surface area (Å²) >= 11 is 1.81. The molecule has 0 radical (unpaired) electrons. The minimum Gasteiger partial charge on any atom is -0.462 e. The highest BCUT2D eigenvalue weighted by Crippen LogP contribution is 2.17. The zero-order valence-electron chi connectivity index (χ0n) is 7.78. The van der Waals surface area contributed by atoms with E-state index in [1.807, 2.05) is 18.7 Å². The molecule has 0 aromatic rings. The van der Waals surface area contributed by atoms with Crippen LogP contribution < -0.4 is 0 Å². The number of amides is 1. The van der Waals surface area contributed by atoms with Gasteiger partial charge in [0.15, 0.2) is 0 Å². The van der Waals surface area contributed by atoms with E-state index in [0.29, 0.717) is 18.3 Å². The van der Waals surface area contributed by atoms with Crippen LogP contribution in [-0.4, -0.2) is 48.0 Å². The largest absolute Gasteiger partial charge is 0.462 e. The predicted octanol–water partition coefficient (Wildman–Crippen LogP) is 0.123. The number of thioether (sulfide) groups is 1. The van der Waals surface area contributed by atoms with Gasteiger partial charge in [0.1, 0.15) is 0 Å². The summed E-state index contributed by atoms with van der Waals surface area (Å²) in [7, 11) is 1.22. The van der Waals surface area contributed by atoms with Gasteiger partial charge in [0.2, 0.25) is 0 Å². The first-order valence-electron chi connectivity index (χ1n) is 4.14. The van der Waals surface area contributed by atoms with Gasteiger partial charge in [-0.25, -0.2) is 4.79 Å². The lowest BCUT2D eigenvalue weighted by atomic mass is 10.3. The van der Waals surface area contributed by atoms with E-state index in [4.69, 9.17) is 0 Å². The van der Waals surface area contributed by atoms with Gasteiger partial charge in [0, 0.05) is 24.1 Å². The Morgan fingerprint density at radius 1 is 1.54 bits per heavy atom. The third kappa shape index (κ3) is 2.62. The highest BCUT2D eigenvalue weighted by atomic mass is 32.2. The molecule has 1 unspecified atom stereocenters. The van der Waals surface area contributed by atoms with Crippen molar-refractivity contribution in [2.75, 3.05) is 26.0 Å². The molecule has 0 aromatic heterocycles. The fraction of sp³-hybridized carbons (Fsp3) is 0.750. The van der Waals surface area contributed by atoms with E-state index in [1.54, 1.807) is 4.90 Å².